The Balaban J connectivity index is 2.37. The van der Waals surface area contributed by atoms with Gasteiger partial charge in [0.05, 0.1) is 9.73 Å². The molecule has 0 bridgehead atoms. The second-order valence-electron chi connectivity index (χ2n) is 5.26. The number of rotatable bonds is 1. The minimum Gasteiger partial charge on any atom is -0.249 e. The topological polar surface area (TPSA) is 42.3 Å². The van der Waals surface area contributed by atoms with Gasteiger partial charge in [-0.15, -0.1) is 0 Å². The highest BCUT2D eigenvalue weighted by molar-refractivity contribution is 7.95. The van der Waals surface area contributed by atoms with E-state index in [1.807, 2.05) is 18.2 Å². The smallest absolute Gasteiger partial charge is 0.161 e. The minimum atomic E-state index is -1.94. The zero-order valence-corrected chi connectivity index (χ0v) is 10.9. The lowest BCUT2D eigenvalue weighted by Crippen LogP contribution is -2.23. The van der Waals surface area contributed by atoms with E-state index in [-0.39, 0.29) is 5.41 Å². The number of nitrogens with zero attached hydrogens (tertiary/aromatic N) is 2. The van der Waals surface area contributed by atoms with Crippen molar-refractivity contribution < 1.29 is 4.21 Å². The van der Waals surface area contributed by atoms with Crippen LogP contribution in [0.25, 0.3) is 0 Å². The van der Waals surface area contributed by atoms with E-state index < -0.39 is 9.73 Å². The molecule has 0 radical (unpaired) electrons. The molecule has 1 aliphatic heterocycles. The standard InChI is InChI=1S/C12H18N2OS/c1-12(2,3)10-6-4-7-11(13-10)14-16(15)8-5-9-16/h4,6-7H,5,8-9H2,1-3H3. The van der Waals surface area contributed by atoms with Gasteiger partial charge in [0.15, 0.2) is 5.82 Å². The zero-order chi connectivity index (χ0) is 11.8. The average molecular weight is 238 g/mol. The molecule has 2 rings (SSSR count). The van der Waals surface area contributed by atoms with Gasteiger partial charge in [0.1, 0.15) is 0 Å². The van der Waals surface area contributed by atoms with Crippen molar-refractivity contribution in [3.8, 4) is 0 Å². The summed E-state index contributed by atoms with van der Waals surface area (Å²) in [4.78, 5) is 4.47. The maximum absolute atomic E-state index is 12.0. The fraction of sp³-hybridized carbons (Fsp3) is 0.583. The molecule has 0 N–H and O–H groups in total. The monoisotopic (exact) mass is 238 g/mol. The predicted octanol–water partition coefficient (Wildman–Crippen LogP) is 2.88. The largest absolute Gasteiger partial charge is 0.249 e. The lowest BCUT2D eigenvalue weighted by Gasteiger charge is -2.19. The SMILES string of the molecule is CC(C)(C)c1cccc(N=S2(=O)CCC2)n1. The first-order chi connectivity index (χ1) is 7.39. The number of aromatic nitrogens is 1. The summed E-state index contributed by atoms with van der Waals surface area (Å²) in [6, 6.07) is 5.76. The van der Waals surface area contributed by atoms with Gasteiger partial charge in [0.25, 0.3) is 0 Å². The molecule has 0 saturated carbocycles. The first-order valence-electron chi connectivity index (χ1n) is 5.59. The molecule has 0 spiro atoms. The first kappa shape index (κ1) is 11.6. The van der Waals surface area contributed by atoms with Crippen LogP contribution in [-0.2, 0) is 15.1 Å². The summed E-state index contributed by atoms with van der Waals surface area (Å²) in [6.07, 6.45) is 1.03. The maximum atomic E-state index is 12.0. The highest BCUT2D eigenvalue weighted by atomic mass is 32.2. The van der Waals surface area contributed by atoms with Gasteiger partial charge in [-0.1, -0.05) is 26.8 Å². The molecular weight excluding hydrogens is 220 g/mol. The Bertz CT molecular complexity index is 498. The van der Waals surface area contributed by atoms with E-state index in [4.69, 9.17) is 0 Å². The van der Waals surface area contributed by atoms with Gasteiger partial charge >= 0.3 is 0 Å². The summed E-state index contributed by atoms with van der Waals surface area (Å²) in [7, 11) is -1.94. The Morgan fingerprint density at radius 2 is 2.00 bits per heavy atom. The summed E-state index contributed by atoms with van der Waals surface area (Å²) < 4.78 is 16.3. The second-order valence-corrected chi connectivity index (χ2v) is 7.80. The predicted molar refractivity (Wildman–Crippen MR) is 67.5 cm³/mol. The first-order valence-corrected chi connectivity index (χ1v) is 7.44. The molecule has 0 unspecified atom stereocenters. The normalized spacial score (nSPS) is 18.9. The van der Waals surface area contributed by atoms with E-state index in [1.165, 1.54) is 0 Å². The van der Waals surface area contributed by atoms with Gasteiger partial charge in [0.2, 0.25) is 0 Å². The number of pyridine rings is 1. The highest BCUT2D eigenvalue weighted by Gasteiger charge is 2.20. The summed E-state index contributed by atoms with van der Waals surface area (Å²) in [5.74, 6) is 2.08. The third kappa shape index (κ3) is 2.43. The van der Waals surface area contributed by atoms with Crippen LogP contribution in [0, 0.1) is 0 Å². The number of hydrogen-bond acceptors (Lipinski definition) is 3. The summed E-state index contributed by atoms with van der Waals surface area (Å²) in [5, 5.41) is 0. The molecule has 0 aromatic carbocycles. The second kappa shape index (κ2) is 3.84. The third-order valence-corrected chi connectivity index (χ3v) is 5.06. The van der Waals surface area contributed by atoms with E-state index in [9.17, 15) is 4.21 Å². The van der Waals surface area contributed by atoms with Crippen LogP contribution in [-0.4, -0.2) is 20.7 Å². The maximum Gasteiger partial charge on any atom is 0.161 e. The molecule has 1 aromatic rings. The zero-order valence-electron chi connectivity index (χ0n) is 10.1. The minimum absolute atomic E-state index is 0.0104. The quantitative estimate of drug-likeness (QED) is 0.755. The van der Waals surface area contributed by atoms with Crippen LogP contribution in [0.1, 0.15) is 32.9 Å². The van der Waals surface area contributed by atoms with Gasteiger partial charge in [0, 0.05) is 22.6 Å². The van der Waals surface area contributed by atoms with Crippen LogP contribution < -0.4 is 0 Å². The van der Waals surface area contributed by atoms with Crippen molar-refractivity contribution in [1.82, 2.24) is 4.98 Å². The van der Waals surface area contributed by atoms with Crippen LogP contribution in [0.2, 0.25) is 0 Å². The van der Waals surface area contributed by atoms with Crippen LogP contribution in [0.3, 0.4) is 0 Å². The third-order valence-electron chi connectivity index (χ3n) is 2.69. The molecule has 1 aromatic heterocycles. The fourth-order valence-corrected chi connectivity index (χ4v) is 2.95. The van der Waals surface area contributed by atoms with Crippen LogP contribution in [0.15, 0.2) is 22.6 Å². The lowest BCUT2D eigenvalue weighted by molar-refractivity contribution is 0.569. The van der Waals surface area contributed by atoms with Gasteiger partial charge in [-0.25, -0.2) is 9.19 Å². The molecule has 16 heavy (non-hydrogen) atoms. The van der Waals surface area contributed by atoms with Gasteiger partial charge in [-0.05, 0) is 18.6 Å². The molecular formula is C12H18N2OS. The Morgan fingerprint density at radius 1 is 1.31 bits per heavy atom. The van der Waals surface area contributed by atoms with Crippen molar-refractivity contribution >= 4 is 15.5 Å². The van der Waals surface area contributed by atoms with Crippen molar-refractivity contribution in [1.29, 1.82) is 0 Å². The van der Waals surface area contributed by atoms with Gasteiger partial charge in [-0.3, -0.25) is 0 Å². The Kier molecular flexibility index (Phi) is 2.78. The van der Waals surface area contributed by atoms with Crippen molar-refractivity contribution in [3.05, 3.63) is 23.9 Å². The Morgan fingerprint density at radius 3 is 2.50 bits per heavy atom. The number of hydrogen-bond donors (Lipinski definition) is 0. The van der Waals surface area contributed by atoms with Gasteiger partial charge < -0.3 is 0 Å². The molecule has 2 heterocycles. The highest BCUT2D eigenvalue weighted by Crippen LogP contribution is 2.24. The van der Waals surface area contributed by atoms with E-state index >= 15 is 0 Å². The molecule has 1 fully saturated rings. The van der Waals surface area contributed by atoms with E-state index in [0.29, 0.717) is 5.82 Å². The van der Waals surface area contributed by atoms with Crippen LogP contribution >= 0.6 is 0 Å². The van der Waals surface area contributed by atoms with Crippen LogP contribution in [0.4, 0.5) is 5.82 Å². The molecule has 1 saturated heterocycles. The summed E-state index contributed by atoms with van der Waals surface area (Å²) >= 11 is 0. The van der Waals surface area contributed by atoms with Crippen LogP contribution in [0.5, 0.6) is 0 Å². The van der Waals surface area contributed by atoms with E-state index in [1.54, 1.807) is 0 Å². The Hall–Kier alpha value is -0.900. The molecule has 0 aliphatic carbocycles. The average Bonchev–Trinajstić information content (AvgIpc) is 2.14. The fourth-order valence-electron chi connectivity index (χ4n) is 1.54. The van der Waals surface area contributed by atoms with Crippen molar-refractivity contribution in [2.75, 3.05) is 11.5 Å². The molecule has 3 nitrogen and oxygen atoms in total. The lowest BCUT2D eigenvalue weighted by atomic mass is 9.92. The molecule has 1 aliphatic rings. The van der Waals surface area contributed by atoms with E-state index in [2.05, 4.69) is 30.1 Å². The van der Waals surface area contributed by atoms with Gasteiger partial charge in [-0.2, -0.15) is 4.36 Å². The summed E-state index contributed by atoms with van der Waals surface area (Å²) in [6.45, 7) is 6.34. The van der Waals surface area contributed by atoms with E-state index in [0.717, 1.165) is 23.6 Å². The van der Waals surface area contributed by atoms with Crippen molar-refractivity contribution in [3.63, 3.8) is 0 Å². The molecule has 0 amide bonds. The molecule has 88 valence electrons. The molecule has 4 heteroatoms. The van der Waals surface area contributed by atoms with Crippen molar-refractivity contribution in [2.45, 2.75) is 32.6 Å². The molecule has 0 atom stereocenters. The summed E-state index contributed by atoms with van der Waals surface area (Å²) in [5.41, 5.74) is 1.01. The Labute approximate surface area is 97.5 Å². The van der Waals surface area contributed by atoms with Crippen molar-refractivity contribution in [2.24, 2.45) is 4.36 Å².